The maximum absolute atomic E-state index is 11.9. The highest BCUT2D eigenvalue weighted by Crippen LogP contribution is 2.26. The summed E-state index contributed by atoms with van der Waals surface area (Å²) in [6.07, 6.45) is -0.144. The molecule has 130 valence electrons. The third-order valence-electron chi connectivity index (χ3n) is 3.19. The molecule has 1 atom stereocenters. The molecule has 0 fully saturated rings. The lowest BCUT2D eigenvalue weighted by Crippen LogP contribution is -2.28. The number of hydrogen-bond donors (Lipinski definition) is 3. The van der Waals surface area contributed by atoms with Crippen LogP contribution in [0.3, 0.4) is 0 Å². The molecule has 1 unspecified atom stereocenters. The number of hydrogen-bond acceptors (Lipinski definition) is 7. The Hall–Kier alpha value is -2.23. The monoisotopic (exact) mass is 352 g/mol. The second kappa shape index (κ2) is 8.57. The minimum Gasteiger partial charge on any atom is -0.458 e. The molecular formula is C15H20N4O4S. The van der Waals surface area contributed by atoms with E-state index in [0.29, 0.717) is 28.9 Å². The highest BCUT2D eigenvalue weighted by Gasteiger charge is 2.14. The second-order valence-electron chi connectivity index (χ2n) is 5.06. The van der Waals surface area contributed by atoms with E-state index in [1.807, 2.05) is 0 Å². The summed E-state index contributed by atoms with van der Waals surface area (Å²) < 4.78 is 10.7. The Bertz CT molecular complexity index is 693. The predicted molar refractivity (Wildman–Crippen MR) is 90.4 cm³/mol. The number of carbonyl (C=O) groups is 2. The van der Waals surface area contributed by atoms with Crippen LogP contribution in [0.5, 0.6) is 0 Å². The zero-order valence-corrected chi connectivity index (χ0v) is 14.3. The van der Waals surface area contributed by atoms with Crippen LogP contribution in [0, 0.1) is 0 Å². The maximum atomic E-state index is 11.9. The Kier molecular flexibility index (Phi) is 6.47. The Morgan fingerprint density at radius 1 is 1.46 bits per heavy atom. The number of carbonyl (C=O) groups excluding carboxylic acids is 2. The number of furan rings is 1. The van der Waals surface area contributed by atoms with Crippen molar-refractivity contribution in [1.29, 1.82) is 0 Å². The molecule has 2 aromatic rings. The standard InChI is InChI=1S/C15H20N4O4S/c1-9(20)17-7-10-3-4-13(23-10)12-8-24-15(18-12)19-14(21)5-11(6-16)22-2/h3-4,8,11H,5-7,16H2,1-2H3,(H,17,20)(H,18,19,21). The molecule has 0 aliphatic rings. The van der Waals surface area contributed by atoms with Crippen molar-refractivity contribution >= 4 is 28.3 Å². The van der Waals surface area contributed by atoms with Crippen molar-refractivity contribution in [3.63, 3.8) is 0 Å². The minimum atomic E-state index is -0.314. The first-order valence-electron chi connectivity index (χ1n) is 7.33. The van der Waals surface area contributed by atoms with Gasteiger partial charge in [0.25, 0.3) is 0 Å². The largest absolute Gasteiger partial charge is 0.458 e. The lowest BCUT2D eigenvalue weighted by Gasteiger charge is -2.11. The van der Waals surface area contributed by atoms with Gasteiger partial charge < -0.3 is 25.5 Å². The quantitative estimate of drug-likeness (QED) is 0.659. The van der Waals surface area contributed by atoms with Crippen LogP contribution in [0.4, 0.5) is 5.13 Å². The summed E-state index contributed by atoms with van der Waals surface area (Å²) in [6, 6.07) is 3.54. The fourth-order valence-corrected chi connectivity index (χ4v) is 2.62. The molecule has 9 heteroatoms. The molecule has 2 heterocycles. The number of nitrogens with two attached hydrogens (primary N) is 1. The van der Waals surface area contributed by atoms with Crippen LogP contribution in [0.1, 0.15) is 19.1 Å². The molecule has 0 aromatic carbocycles. The molecule has 2 amide bonds. The Labute approximate surface area is 143 Å². The number of methoxy groups -OCH3 is 1. The lowest BCUT2D eigenvalue weighted by atomic mass is 10.2. The van der Waals surface area contributed by atoms with Gasteiger partial charge in [-0.05, 0) is 12.1 Å². The van der Waals surface area contributed by atoms with E-state index in [1.54, 1.807) is 17.5 Å². The van der Waals surface area contributed by atoms with E-state index >= 15 is 0 Å². The topological polar surface area (TPSA) is 119 Å². The number of nitrogens with zero attached hydrogens (tertiary/aromatic N) is 1. The van der Waals surface area contributed by atoms with Gasteiger partial charge >= 0.3 is 0 Å². The Morgan fingerprint density at radius 2 is 2.25 bits per heavy atom. The van der Waals surface area contributed by atoms with Gasteiger partial charge in [0.15, 0.2) is 10.9 Å². The van der Waals surface area contributed by atoms with Crippen LogP contribution < -0.4 is 16.4 Å². The van der Waals surface area contributed by atoms with E-state index in [1.165, 1.54) is 25.4 Å². The first-order valence-corrected chi connectivity index (χ1v) is 8.21. The van der Waals surface area contributed by atoms with Crippen LogP contribution in [-0.4, -0.2) is 36.6 Å². The van der Waals surface area contributed by atoms with Crippen molar-refractivity contribution < 1.29 is 18.7 Å². The number of amides is 2. The first kappa shape index (κ1) is 18.1. The maximum Gasteiger partial charge on any atom is 0.228 e. The zero-order valence-electron chi connectivity index (χ0n) is 13.5. The number of rotatable bonds is 8. The summed E-state index contributed by atoms with van der Waals surface area (Å²) >= 11 is 1.30. The summed E-state index contributed by atoms with van der Waals surface area (Å²) in [7, 11) is 1.52. The molecular weight excluding hydrogens is 332 g/mol. The molecule has 8 nitrogen and oxygen atoms in total. The van der Waals surface area contributed by atoms with Crippen LogP contribution in [0.2, 0.25) is 0 Å². The van der Waals surface area contributed by atoms with Gasteiger partial charge in [0.05, 0.1) is 19.1 Å². The predicted octanol–water partition coefficient (Wildman–Crippen LogP) is 1.34. The van der Waals surface area contributed by atoms with Crippen LogP contribution in [0.25, 0.3) is 11.5 Å². The van der Waals surface area contributed by atoms with Gasteiger partial charge in [0, 0.05) is 26.0 Å². The third kappa shape index (κ3) is 5.15. The third-order valence-corrected chi connectivity index (χ3v) is 3.94. The number of thiazole rings is 1. The molecule has 24 heavy (non-hydrogen) atoms. The van der Waals surface area contributed by atoms with Gasteiger partial charge in [-0.25, -0.2) is 4.98 Å². The van der Waals surface area contributed by atoms with E-state index in [0.717, 1.165) is 0 Å². The average molecular weight is 352 g/mol. The van der Waals surface area contributed by atoms with E-state index in [9.17, 15) is 9.59 Å². The zero-order chi connectivity index (χ0) is 17.5. The molecule has 0 aliphatic heterocycles. The smallest absolute Gasteiger partial charge is 0.228 e. The molecule has 0 bridgehead atoms. The lowest BCUT2D eigenvalue weighted by molar-refractivity contribution is -0.119. The van der Waals surface area contributed by atoms with E-state index in [-0.39, 0.29) is 30.9 Å². The average Bonchev–Trinajstić information content (AvgIpc) is 3.19. The number of anilines is 1. The van der Waals surface area contributed by atoms with Crippen molar-refractivity contribution in [3.8, 4) is 11.5 Å². The van der Waals surface area contributed by atoms with Crippen molar-refractivity contribution in [2.75, 3.05) is 19.0 Å². The van der Waals surface area contributed by atoms with Crippen molar-refractivity contribution in [2.24, 2.45) is 5.73 Å². The minimum absolute atomic E-state index is 0.126. The van der Waals surface area contributed by atoms with Crippen LogP contribution in [-0.2, 0) is 20.9 Å². The highest BCUT2D eigenvalue weighted by atomic mass is 32.1. The summed E-state index contributed by atoms with van der Waals surface area (Å²) in [4.78, 5) is 27.1. The summed E-state index contributed by atoms with van der Waals surface area (Å²) in [6.45, 7) is 2.04. The number of aromatic nitrogens is 1. The Balaban J connectivity index is 1.95. The van der Waals surface area contributed by atoms with Crippen LogP contribution in [0.15, 0.2) is 21.9 Å². The molecule has 0 radical (unpaired) electrons. The molecule has 0 saturated heterocycles. The summed E-state index contributed by atoms with van der Waals surface area (Å²) in [5.41, 5.74) is 6.11. The van der Waals surface area contributed by atoms with Gasteiger partial charge in [0.2, 0.25) is 11.8 Å². The van der Waals surface area contributed by atoms with E-state index in [2.05, 4.69) is 15.6 Å². The number of ether oxygens (including phenoxy) is 1. The van der Waals surface area contributed by atoms with Gasteiger partial charge in [-0.1, -0.05) is 0 Å². The number of nitrogens with one attached hydrogen (secondary N) is 2. The van der Waals surface area contributed by atoms with Gasteiger partial charge in [-0.15, -0.1) is 11.3 Å². The fourth-order valence-electron chi connectivity index (χ4n) is 1.91. The van der Waals surface area contributed by atoms with Crippen molar-refractivity contribution in [2.45, 2.75) is 26.0 Å². The molecule has 0 aliphatic carbocycles. The molecule has 2 aromatic heterocycles. The first-order chi connectivity index (χ1) is 11.5. The Morgan fingerprint density at radius 3 is 2.92 bits per heavy atom. The molecule has 0 saturated carbocycles. The van der Waals surface area contributed by atoms with Gasteiger partial charge in [-0.3, -0.25) is 9.59 Å². The highest BCUT2D eigenvalue weighted by molar-refractivity contribution is 7.14. The second-order valence-corrected chi connectivity index (χ2v) is 5.92. The van der Waals surface area contributed by atoms with E-state index in [4.69, 9.17) is 14.9 Å². The molecule has 2 rings (SSSR count). The van der Waals surface area contributed by atoms with Gasteiger partial charge in [0.1, 0.15) is 11.5 Å². The molecule has 4 N–H and O–H groups in total. The van der Waals surface area contributed by atoms with Crippen LogP contribution >= 0.6 is 11.3 Å². The normalized spacial score (nSPS) is 12.0. The molecule has 0 spiro atoms. The van der Waals surface area contributed by atoms with Crippen molar-refractivity contribution in [3.05, 3.63) is 23.3 Å². The van der Waals surface area contributed by atoms with Crippen molar-refractivity contribution in [1.82, 2.24) is 10.3 Å². The van der Waals surface area contributed by atoms with Gasteiger partial charge in [-0.2, -0.15) is 0 Å². The van der Waals surface area contributed by atoms with E-state index < -0.39 is 0 Å². The summed E-state index contributed by atoms with van der Waals surface area (Å²) in [5, 5.41) is 7.63. The summed E-state index contributed by atoms with van der Waals surface area (Å²) in [5.74, 6) is 0.867. The fraction of sp³-hybridized carbons (Fsp3) is 0.400. The SMILES string of the molecule is COC(CN)CC(=O)Nc1nc(-c2ccc(CNC(C)=O)o2)cs1.